The fourth-order valence-corrected chi connectivity index (χ4v) is 6.35. The quantitative estimate of drug-likeness (QED) is 0.288. The van der Waals surface area contributed by atoms with Crippen molar-refractivity contribution in [1.82, 2.24) is 34.7 Å². The van der Waals surface area contributed by atoms with Crippen LogP contribution in [0.25, 0.3) is 28.1 Å². The molecule has 8 rings (SSSR count). The summed E-state index contributed by atoms with van der Waals surface area (Å²) in [5, 5.41) is 15.3. The SMILES string of the molecule is C=C1Nc2ccc(-c3nc(C4C5CC5c5cc(-c6cc(Cl)ccc6-n6cnnn6)cc(=O)n54)[nH]c3F)cc2OC1(C)C. The van der Waals surface area contributed by atoms with E-state index in [9.17, 15) is 4.79 Å². The zero-order valence-electron chi connectivity index (χ0n) is 22.6. The Morgan fingerprint density at radius 2 is 2.00 bits per heavy atom. The lowest BCUT2D eigenvalue weighted by atomic mass is 10.0. The number of aromatic amines is 1. The van der Waals surface area contributed by atoms with Crippen molar-refractivity contribution >= 4 is 17.3 Å². The number of imidazole rings is 1. The monoisotopic (exact) mass is 582 g/mol. The number of pyridine rings is 1. The Bertz CT molecular complexity index is 2000. The Morgan fingerprint density at radius 3 is 2.81 bits per heavy atom. The molecule has 2 N–H and O–H groups in total. The van der Waals surface area contributed by atoms with Crippen LogP contribution in [-0.2, 0) is 0 Å². The molecule has 42 heavy (non-hydrogen) atoms. The van der Waals surface area contributed by atoms with E-state index >= 15 is 4.39 Å². The Balaban J connectivity index is 1.18. The first-order valence-corrected chi connectivity index (χ1v) is 13.9. The highest BCUT2D eigenvalue weighted by atomic mass is 35.5. The maximum Gasteiger partial charge on any atom is 0.252 e. The molecule has 5 aromatic rings. The molecule has 1 saturated carbocycles. The van der Waals surface area contributed by atoms with E-state index in [2.05, 4.69) is 32.4 Å². The number of rotatable bonds is 4. The number of halogens is 2. The number of hydrogen-bond acceptors (Lipinski definition) is 7. The van der Waals surface area contributed by atoms with Crippen LogP contribution in [0.15, 0.2) is 71.9 Å². The number of ether oxygens (including phenoxy) is 1. The first-order chi connectivity index (χ1) is 20.2. The van der Waals surface area contributed by atoms with Crippen molar-refractivity contribution in [2.45, 2.75) is 37.8 Å². The third-order valence-corrected chi connectivity index (χ3v) is 8.69. The van der Waals surface area contributed by atoms with Gasteiger partial charge in [0.1, 0.15) is 29.2 Å². The lowest BCUT2D eigenvalue weighted by molar-refractivity contribution is 0.144. The van der Waals surface area contributed by atoms with E-state index in [0.717, 1.165) is 29.1 Å². The highest BCUT2D eigenvalue weighted by molar-refractivity contribution is 6.31. The Labute approximate surface area is 243 Å². The van der Waals surface area contributed by atoms with E-state index in [-0.39, 0.29) is 23.1 Å². The van der Waals surface area contributed by atoms with Gasteiger partial charge in [0.25, 0.3) is 5.56 Å². The van der Waals surface area contributed by atoms with E-state index in [1.807, 2.05) is 32.0 Å². The van der Waals surface area contributed by atoms with Gasteiger partial charge in [0.15, 0.2) is 0 Å². The maximum absolute atomic E-state index is 15.4. The summed E-state index contributed by atoms with van der Waals surface area (Å²) in [7, 11) is 0. The van der Waals surface area contributed by atoms with Gasteiger partial charge in [0.05, 0.1) is 23.1 Å². The van der Waals surface area contributed by atoms with Crippen LogP contribution in [0.2, 0.25) is 5.02 Å². The van der Waals surface area contributed by atoms with E-state index in [1.165, 1.54) is 11.0 Å². The number of nitrogens with zero attached hydrogens (tertiary/aromatic N) is 6. The second kappa shape index (κ2) is 8.62. The third-order valence-electron chi connectivity index (χ3n) is 8.46. The molecule has 2 aromatic carbocycles. The summed E-state index contributed by atoms with van der Waals surface area (Å²) in [6.45, 7) is 7.86. The number of H-pyrrole nitrogens is 1. The van der Waals surface area contributed by atoms with Crippen LogP contribution >= 0.6 is 11.6 Å². The van der Waals surface area contributed by atoms with Gasteiger partial charge < -0.3 is 19.6 Å². The van der Waals surface area contributed by atoms with Crippen molar-refractivity contribution in [3.8, 4) is 33.8 Å². The van der Waals surface area contributed by atoms with Crippen molar-refractivity contribution in [2.75, 3.05) is 5.32 Å². The van der Waals surface area contributed by atoms with Crippen LogP contribution in [0.1, 0.15) is 43.7 Å². The van der Waals surface area contributed by atoms with Crippen LogP contribution in [0, 0.1) is 11.9 Å². The van der Waals surface area contributed by atoms with Gasteiger partial charge in [-0.15, -0.1) is 5.10 Å². The second-order valence-corrected chi connectivity index (χ2v) is 11.9. The first-order valence-electron chi connectivity index (χ1n) is 13.5. The fraction of sp³-hybridized carbons (Fsp3) is 0.233. The smallest absolute Gasteiger partial charge is 0.252 e. The Kier molecular flexibility index (Phi) is 5.13. The molecule has 3 atom stereocenters. The average Bonchev–Trinajstić information content (AvgIpc) is 3.25. The van der Waals surface area contributed by atoms with Crippen LogP contribution in [0.5, 0.6) is 5.75 Å². The van der Waals surface area contributed by atoms with E-state index in [4.69, 9.17) is 21.3 Å². The van der Waals surface area contributed by atoms with Gasteiger partial charge in [-0.25, -0.2) is 4.98 Å². The minimum atomic E-state index is -0.618. The van der Waals surface area contributed by atoms with Gasteiger partial charge >= 0.3 is 0 Å². The molecule has 3 aromatic heterocycles. The zero-order valence-corrected chi connectivity index (χ0v) is 23.4. The first kappa shape index (κ1) is 25.0. The lowest BCUT2D eigenvalue weighted by Gasteiger charge is -2.35. The van der Waals surface area contributed by atoms with E-state index < -0.39 is 17.6 Å². The summed E-state index contributed by atoms with van der Waals surface area (Å²) < 4.78 is 24.8. The molecule has 0 bridgehead atoms. The van der Waals surface area contributed by atoms with Crippen LogP contribution in [0.4, 0.5) is 10.1 Å². The number of hydrogen-bond donors (Lipinski definition) is 2. The van der Waals surface area contributed by atoms with Crippen molar-refractivity contribution in [1.29, 1.82) is 0 Å². The number of tetrazole rings is 1. The molecule has 2 aliphatic heterocycles. The normalized spacial score (nSPS) is 21.2. The summed E-state index contributed by atoms with van der Waals surface area (Å²) in [5.74, 6) is 0.776. The fourth-order valence-electron chi connectivity index (χ4n) is 6.18. The van der Waals surface area contributed by atoms with Gasteiger partial charge in [-0.05, 0) is 78.6 Å². The molecule has 0 saturated heterocycles. The maximum atomic E-state index is 15.4. The number of benzene rings is 2. The molecule has 1 fully saturated rings. The largest absolute Gasteiger partial charge is 0.479 e. The molecule has 12 heteroatoms. The highest BCUT2D eigenvalue weighted by Crippen LogP contribution is 2.60. The third kappa shape index (κ3) is 3.73. The van der Waals surface area contributed by atoms with E-state index in [1.54, 1.807) is 34.9 Å². The molecule has 0 radical (unpaired) electrons. The standard InChI is InChI=1S/C30H24ClFN8O2/c1-14-30(2,3)42-24-9-15(4-6-21(24)34-14)26-28(32)36-29(35-26)27-20-12-19(20)23-8-16(10-25(41)40(23)27)18-11-17(31)5-7-22(18)39-13-33-37-38-39/h4-11,13,19-20,27,34H,1,12H2,2-3H3,(H,35,36). The molecule has 10 nitrogen and oxygen atoms in total. The summed E-state index contributed by atoms with van der Waals surface area (Å²) in [6, 6.07) is 13.9. The van der Waals surface area contributed by atoms with Gasteiger partial charge in [0.2, 0.25) is 5.95 Å². The molecular formula is C30H24ClFN8O2. The summed E-state index contributed by atoms with van der Waals surface area (Å²) in [6.07, 6.45) is 2.38. The molecule has 0 spiro atoms. The molecule has 0 amide bonds. The number of aromatic nitrogens is 7. The molecule has 1 aliphatic carbocycles. The van der Waals surface area contributed by atoms with Gasteiger partial charge in [-0.2, -0.15) is 9.07 Å². The van der Waals surface area contributed by atoms with Crippen molar-refractivity contribution in [2.24, 2.45) is 5.92 Å². The molecule has 5 heterocycles. The average molecular weight is 583 g/mol. The minimum absolute atomic E-state index is 0.146. The molecule has 3 aliphatic rings. The minimum Gasteiger partial charge on any atom is -0.479 e. The highest BCUT2D eigenvalue weighted by Gasteiger charge is 2.54. The molecule has 210 valence electrons. The second-order valence-electron chi connectivity index (χ2n) is 11.5. The molecular weight excluding hydrogens is 559 g/mol. The van der Waals surface area contributed by atoms with Crippen LogP contribution < -0.4 is 15.6 Å². The van der Waals surface area contributed by atoms with Gasteiger partial charge in [-0.1, -0.05) is 24.2 Å². The number of anilines is 1. The molecule has 3 unspecified atom stereocenters. The van der Waals surface area contributed by atoms with Gasteiger partial charge in [-0.3, -0.25) is 4.79 Å². The zero-order chi connectivity index (χ0) is 28.9. The predicted octanol–water partition coefficient (Wildman–Crippen LogP) is 5.48. The number of nitrogens with one attached hydrogen (secondary N) is 2. The lowest BCUT2D eigenvalue weighted by Crippen LogP contribution is -2.37. The van der Waals surface area contributed by atoms with Crippen molar-refractivity contribution in [3.05, 3.63) is 100.0 Å². The van der Waals surface area contributed by atoms with Gasteiger partial charge in [0, 0.05) is 33.8 Å². The summed E-state index contributed by atoms with van der Waals surface area (Å²) in [5.41, 5.74) is 4.48. The van der Waals surface area contributed by atoms with Crippen LogP contribution in [0.3, 0.4) is 0 Å². The van der Waals surface area contributed by atoms with Crippen LogP contribution in [-0.4, -0.2) is 40.3 Å². The van der Waals surface area contributed by atoms with Crippen molar-refractivity contribution in [3.63, 3.8) is 0 Å². The summed E-state index contributed by atoms with van der Waals surface area (Å²) in [4.78, 5) is 21.2. The summed E-state index contributed by atoms with van der Waals surface area (Å²) >= 11 is 6.35. The Hall–Kier alpha value is -4.77. The topological polar surface area (TPSA) is 116 Å². The Morgan fingerprint density at radius 1 is 1.14 bits per heavy atom. The van der Waals surface area contributed by atoms with Crippen molar-refractivity contribution < 1.29 is 9.13 Å². The number of fused-ring (bicyclic) bond motifs is 4. The predicted molar refractivity (Wildman–Crippen MR) is 154 cm³/mol. The van der Waals surface area contributed by atoms with E-state index in [0.29, 0.717) is 33.4 Å².